The topological polar surface area (TPSA) is 37.3 Å². The van der Waals surface area contributed by atoms with Gasteiger partial charge < -0.3 is 5.11 Å². The average molecular weight is 184 g/mol. The molecule has 0 aromatic carbocycles. The first-order valence-electron chi connectivity index (χ1n) is 4.16. The quantitative estimate of drug-likeness (QED) is 0.664. The molecule has 1 saturated carbocycles. The standard InChI is InChI=1S/C9H12O2S/c1-12-9(8(10)11)5-6-2-3-7(9)4-6/h2-3,6-7H,4-5H2,1H3,(H,10,11)/t6-,7+,9+/m1/s1. The monoisotopic (exact) mass is 184 g/mol. The van der Waals surface area contributed by atoms with E-state index >= 15 is 0 Å². The van der Waals surface area contributed by atoms with Crippen LogP contribution in [0.1, 0.15) is 12.8 Å². The molecule has 0 radical (unpaired) electrons. The zero-order valence-corrected chi connectivity index (χ0v) is 7.80. The van der Waals surface area contributed by atoms with E-state index in [9.17, 15) is 4.79 Å². The Kier molecular flexibility index (Phi) is 1.72. The minimum Gasteiger partial charge on any atom is -0.480 e. The third-order valence-electron chi connectivity index (χ3n) is 3.06. The molecular formula is C9H12O2S. The summed E-state index contributed by atoms with van der Waals surface area (Å²) in [5.41, 5.74) is 0. The van der Waals surface area contributed by atoms with E-state index in [1.165, 1.54) is 11.8 Å². The van der Waals surface area contributed by atoms with Crippen molar-refractivity contribution in [2.24, 2.45) is 11.8 Å². The van der Waals surface area contributed by atoms with Gasteiger partial charge in [-0.05, 0) is 25.0 Å². The van der Waals surface area contributed by atoms with Crippen LogP contribution in [0.4, 0.5) is 0 Å². The highest BCUT2D eigenvalue weighted by atomic mass is 32.2. The maximum absolute atomic E-state index is 11.1. The van der Waals surface area contributed by atoms with Crippen molar-refractivity contribution in [3.8, 4) is 0 Å². The molecule has 1 N–H and O–H groups in total. The zero-order chi connectivity index (χ0) is 8.77. The van der Waals surface area contributed by atoms with Crippen LogP contribution in [0.15, 0.2) is 12.2 Å². The number of carboxylic acids is 1. The zero-order valence-electron chi connectivity index (χ0n) is 6.99. The molecule has 0 unspecified atom stereocenters. The number of aliphatic carboxylic acids is 1. The first-order chi connectivity index (χ1) is 5.69. The second-order valence-electron chi connectivity index (χ2n) is 3.59. The molecule has 2 aliphatic carbocycles. The van der Waals surface area contributed by atoms with Crippen LogP contribution in [-0.4, -0.2) is 22.1 Å². The number of allylic oxidation sites excluding steroid dienone is 2. The van der Waals surface area contributed by atoms with E-state index in [1.807, 2.05) is 6.26 Å². The molecule has 0 amide bonds. The Morgan fingerprint density at radius 2 is 2.42 bits per heavy atom. The van der Waals surface area contributed by atoms with Crippen molar-refractivity contribution < 1.29 is 9.90 Å². The highest BCUT2D eigenvalue weighted by Crippen LogP contribution is 2.52. The Labute approximate surface area is 76.0 Å². The molecule has 2 rings (SSSR count). The fourth-order valence-electron chi connectivity index (χ4n) is 2.38. The molecule has 0 spiro atoms. The van der Waals surface area contributed by atoms with E-state index in [4.69, 9.17) is 5.11 Å². The molecule has 66 valence electrons. The van der Waals surface area contributed by atoms with Crippen molar-refractivity contribution in [3.05, 3.63) is 12.2 Å². The van der Waals surface area contributed by atoms with Gasteiger partial charge in [0, 0.05) is 5.92 Å². The predicted octanol–water partition coefficient (Wildman–Crippen LogP) is 1.77. The minimum absolute atomic E-state index is 0.273. The molecule has 2 aliphatic rings. The molecule has 3 atom stereocenters. The van der Waals surface area contributed by atoms with Gasteiger partial charge in [0.25, 0.3) is 0 Å². The van der Waals surface area contributed by atoms with Crippen molar-refractivity contribution in [1.29, 1.82) is 0 Å². The Morgan fingerprint density at radius 1 is 1.67 bits per heavy atom. The first kappa shape index (κ1) is 8.17. The molecular weight excluding hydrogens is 172 g/mol. The van der Waals surface area contributed by atoms with Crippen LogP contribution in [0.25, 0.3) is 0 Å². The van der Waals surface area contributed by atoms with Gasteiger partial charge in [-0.3, -0.25) is 4.79 Å². The number of carboxylic acid groups (broad SMARTS) is 1. The van der Waals surface area contributed by atoms with Gasteiger partial charge in [0.2, 0.25) is 0 Å². The number of carbonyl (C=O) groups is 1. The van der Waals surface area contributed by atoms with Crippen LogP contribution < -0.4 is 0 Å². The Bertz CT molecular complexity index is 249. The fourth-order valence-corrected chi connectivity index (χ4v) is 3.41. The number of rotatable bonds is 2. The van der Waals surface area contributed by atoms with E-state index in [1.54, 1.807) is 0 Å². The number of thioether (sulfide) groups is 1. The fraction of sp³-hybridized carbons (Fsp3) is 0.667. The molecule has 2 bridgehead atoms. The second kappa shape index (κ2) is 2.52. The minimum atomic E-state index is -0.633. The van der Waals surface area contributed by atoms with E-state index in [0.717, 1.165) is 12.8 Å². The largest absolute Gasteiger partial charge is 0.480 e. The molecule has 12 heavy (non-hydrogen) atoms. The van der Waals surface area contributed by atoms with Gasteiger partial charge in [-0.15, -0.1) is 11.8 Å². The van der Waals surface area contributed by atoms with Gasteiger partial charge in [0.05, 0.1) is 0 Å². The summed E-state index contributed by atoms with van der Waals surface area (Å²) in [7, 11) is 0. The lowest BCUT2D eigenvalue weighted by molar-refractivity contribution is -0.140. The number of fused-ring (bicyclic) bond motifs is 2. The van der Waals surface area contributed by atoms with Gasteiger partial charge in [0.15, 0.2) is 0 Å². The summed E-state index contributed by atoms with van der Waals surface area (Å²) in [5.74, 6) is 0.167. The van der Waals surface area contributed by atoms with Crippen LogP contribution in [0.3, 0.4) is 0 Å². The molecule has 2 nitrogen and oxygen atoms in total. The van der Waals surface area contributed by atoms with Gasteiger partial charge in [-0.1, -0.05) is 12.2 Å². The van der Waals surface area contributed by atoms with Crippen molar-refractivity contribution in [1.82, 2.24) is 0 Å². The summed E-state index contributed by atoms with van der Waals surface area (Å²) in [6.45, 7) is 0. The summed E-state index contributed by atoms with van der Waals surface area (Å²) in [4.78, 5) is 11.1. The van der Waals surface area contributed by atoms with Crippen molar-refractivity contribution >= 4 is 17.7 Å². The third kappa shape index (κ3) is 0.859. The lowest BCUT2D eigenvalue weighted by atomic mass is 9.93. The molecule has 0 aromatic rings. The smallest absolute Gasteiger partial charge is 0.320 e. The predicted molar refractivity (Wildman–Crippen MR) is 49.2 cm³/mol. The van der Waals surface area contributed by atoms with E-state index in [0.29, 0.717) is 5.92 Å². The average Bonchev–Trinajstić information content (AvgIpc) is 2.62. The summed E-state index contributed by atoms with van der Waals surface area (Å²) in [6.07, 6.45) is 8.03. The summed E-state index contributed by atoms with van der Waals surface area (Å²) in [5, 5.41) is 9.13. The summed E-state index contributed by atoms with van der Waals surface area (Å²) < 4.78 is -0.501. The van der Waals surface area contributed by atoms with Crippen LogP contribution in [-0.2, 0) is 4.79 Å². The summed E-state index contributed by atoms with van der Waals surface area (Å²) >= 11 is 1.50. The molecule has 1 fully saturated rings. The molecule has 0 aliphatic heterocycles. The van der Waals surface area contributed by atoms with Crippen molar-refractivity contribution in [2.75, 3.05) is 6.26 Å². The van der Waals surface area contributed by atoms with E-state index < -0.39 is 10.7 Å². The van der Waals surface area contributed by atoms with Crippen LogP contribution >= 0.6 is 11.8 Å². The maximum Gasteiger partial charge on any atom is 0.320 e. The maximum atomic E-state index is 11.1. The van der Waals surface area contributed by atoms with Crippen LogP contribution in [0.5, 0.6) is 0 Å². The summed E-state index contributed by atoms with van der Waals surface area (Å²) in [6, 6.07) is 0. The Morgan fingerprint density at radius 3 is 2.67 bits per heavy atom. The highest BCUT2D eigenvalue weighted by Gasteiger charge is 2.53. The Hall–Kier alpha value is -0.440. The lowest BCUT2D eigenvalue weighted by Gasteiger charge is -2.28. The lowest BCUT2D eigenvalue weighted by Crippen LogP contribution is -2.38. The van der Waals surface area contributed by atoms with Gasteiger partial charge in [-0.25, -0.2) is 0 Å². The van der Waals surface area contributed by atoms with Crippen molar-refractivity contribution in [2.45, 2.75) is 17.6 Å². The number of hydrogen-bond donors (Lipinski definition) is 1. The third-order valence-corrected chi connectivity index (χ3v) is 4.44. The Balaban J connectivity index is 2.31. The first-order valence-corrected chi connectivity index (χ1v) is 5.38. The van der Waals surface area contributed by atoms with Gasteiger partial charge >= 0.3 is 5.97 Å². The SMILES string of the molecule is CS[C@@]1(C(=O)O)C[C@@H]2C=C[C@H]1C2. The molecule has 0 saturated heterocycles. The van der Waals surface area contributed by atoms with Crippen LogP contribution in [0.2, 0.25) is 0 Å². The second-order valence-corrected chi connectivity index (χ2v) is 4.73. The molecule has 3 heteroatoms. The van der Waals surface area contributed by atoms with Gasteiger partial charge in [-0.2, -0.15) is 0 Å². The van der Waals surface area contributed by atoms with E-state index in [2.05, 4.69) is 12.2 Å². The van der Waals surface area contributed by atoms with Crippen LogP contribution in [0, 0.1) is 11.8 Å². The molecule has 0 aromatic heterocycles. The van der Waals surface area contributed by atoms with E-state index in [-0.39, 0.29) is 5.92 Å². The van der Waals surface area contributed by atoms with Gasteiger partial charge in [0.1, 0.15) is 4.75 Å². The molecule has 0 heterocycles. The highest BCUT2D eigenvalue weighted by molar-refractivity contribution is 8.00. The van der Waals surface area contributed by atoms with Crippen molar-refractivity contribution in [3.63, 3.8) is 0 Å². The number of hydrogen-bond acceptors (Lipinski definition) is 2. The normalized spacial score (nSPS) is 43.8.